The van der Waals surface area contributed by atoms with Crippen LogP contribution in [0.15, 0.2) is 21.4 Å². The van der Waals surface area contributed by atoms with Crippen LogP contribution in [0.2, 0.25) is 0 Å². The SMILES string of the molecule is O=N[O-].O=N[O-].O=N[O-].O=N[O-].[Hf+4]. The summed E-state index contributed by atoms with van der Waals surface area (Å²) in [5, 5.41) is 36.0. The van der Waals surface area contributed by atoms with Crippen molar-refractivity contribution in [2.45, 2.75) is 0 Å². The maximum atomic E-state index is 8.00. The molecule has 0 aliphatic carbocycles. The van der Waals surface area contributed by atoms with Gasteiger partial charge in [-0.1, -0.05) is 0 Å². The Morgan fingerprint density at radius 3 is 0.538 bits per heavy atom. The first kappa shape index (κ1) is 30.0. The number of hydrogen-bond acceptors (Lipinski definition) is 12. The van der Waals surface area contributed by atoms with Crippen LogP contribution in [-0.4, -0.2) is 0 Å². The molecule has 0 saturated carbocycles. The van der Waals surface area contributed by atoms with E-state index in [-0.39, 0.29) is 25.8 Å². The molecule has 13 heteroatoms. The van der Waals surface area contributed by atoms with Gasteiger partial charge in [0.15, 0.2) is 0 Å². The van der Waals surface area contributed by atoms with Crippen molar-refractivity contribution in [2.24, 2.45) is 21.4 Å². The van der Waals surface area contributed by atoms with E-state index in [1.54, 1.807) is 0 Å². The zero-order valence-electron chi connectivity index (χ0n) is 5.55. The van der Waals surface area contributed by atoms with E-state index in [0.29, 0.717) is 0 Å². The van der Waals surface area contributed by atoms with Crippen LogP contribution in [0.5, 0.6) is 0 Å². The minimum Gasteiger partial charge on any atom is -0.444 e. The number of hydrogen-bond donors (Lipinski definition) is 0. The largest absolute Gasteiger partial charge is 4.00 e. The summed E-state index contributed by atoms with van der Waals surface area (Å²) in [5.41, 5.74) is 0. The maximum Gasteiger partial charge on any atom is 4.00 e. The van der Waals surface area contributed by atoms with Crippen molar-refractivity contribution in [1.82, 2.24) is 0 Å². The van der Waals surface area contributed by atoms with Gasteiger partial charge in [0, 0.05) is 0 Å². The minimum atomic E-state index is 0. The zero-order chi connectivity index (χ0) is 10.8. The fourth-order valence-electron chi connectivity index (χ4n) is 0. The first-order chi connectivity index (χ1) is 5.66. The summed E-state index contributed by atoms with van der Waals surface area (Å²) in [6.45, 7) is 0. The molecule has 0 saturated heterocycles. The van der Waals surface area contributed by atoms with Gasteiger partial charge in [0.1, 0.15) is 0 Å². The van der Waals surface area contributed by atoms with Crippen molar-refractivity contribution in [2.75, 3.05) is 0 Å². The average Bonchev–Trinajstić information content (AvgIpc) is 1.92. The van der Waals surface area contributed by atoms with Crippen molar-refractivity contribution in [1.29, 1.82) is 0 Å². The van der Waals surface area contributed by atoms with Crippen LogP contribution in [0.4, 0.5) is 0 Å². The van der Waals surface area contributed by atoms with Crippen LogP contribution >= 0.6 is 0 Å². The first-order valence-electron chi connectivity index (χ1n) is 1.46. The molecular formula is HfN4O8. The van der Waals surface area contributed by atoms with Gasteiger partial charge in [-0.3, -0.25) is 0 Å². The van der Waals surface area contributed by atoms with E-state index < -0.39 is 0 Å². The molecule has 0 rings (SSSR count). The van der Waals surface area contributed by atoms with Gasteiger partial charge in [-0.05, 0) is 0 Å². The van der Waals surface area contributed by atoms with Gasteiger partial charge in [-0.25, -0.2) is 0 Å². The molecule has 0 amide bonds. The quantitative estimate of drug-likeness (QED) is 0.343. The van der Waals surface area contributed by atoms with Crippen molar-refractivity contribution >= 4 is 0 Å². The monoisotopic (exact) mass is 364 g/mol. The molecule has 0 aromatic rings. The Kier molecular flexibility index (Phi) is 356. The van der Waals surface area contributed by atoms with Gasteiger partial charge in [0.05, 0.1) is 0 Å². The third kappa shape index (κ3) is 321. The molecule has 0 unspecified atom stereocenters. The van der Waals surface area contributed by atoms with Gasteiger partial charge in [0.25, 0.3) is 0 Å². The molecule has 0 atom stereocenters. The van der Waals surface area contributed by atoms with Crippen LogP contribution in [0, 0.1) is 40.5 Å². The van der Waals surface area contributed by atoms with Crippen LogP contribution in [-0.2, 0) is 25.8 Å². The molecular weight excluding hydrogens is 363 g/mol. The molecule has 0 spiro atoms. The number of rotatable bonds is 0. The van der Waals surface area contributed by atoms with E-state index in [2.05, 4.69) is 0 Å². The molecule has 0 aliphatic heterocycles. The maximum absolute atomic E-state index is 8.00. The Morgan fingerprint density at radius 1 is 0.538 bits per heavy atom. The van der Waals surface area contributed by atoms with E-state index in [9.17, 15) is 0 Å². The van der Waals surface area contributed by atoms with Crippen molar-refractivity contribution < 1.29 is 25.8 Å². The average molecular weight is 363 g/mol. The third-order valence-corrected chi connectivity index (χ3v) is 0. The van der Waals surface area contributed by atoms with E-state index in [1.807, 2.05) is 0 Å². The van der Waals surface area contributed by atoms with E-state index >= 15 is 0 Å². The van der Waals surface area contributed by atoms with E-state index in [0.717, 1.165) is 21.4 Å². The Hall–Kier alpha value is -1.53. The smallest absolute Gasteiger partial charge is 0.444 e. The van der Waals surface area contributed by atoms with Crippen molar-refractivity contribution in [3.05, 3.63) is 40.5 Å². The normalized spacial score (nSPS) is 3.69. The molecule has 0 fully saturated rings. The molecule has 0 bridgehead atoms. The van der Waals surface area contributed by atoms with E-state index in [1.165, 1.54) is 0 Å². The van der Waals surface area contributed by atoms with E-state index in [4.69, 9.17) is 40.5 Å². The van der Waals surface area contributed by atoms with Gasteiger partial charge in [0.2, 0.25) is 0 Å². The van der Waals surface area contributed by atoms with Crippen LogP contribution in [0.3, 0.4) is 0 Å². The predicted octanol–water partition coefficient (Wildman–Crippen LogP) is 1.000. The summed E-state index contributed by atoms with van der Waals surface area (Å²) in [6.07, 6.45) is 0. The molecule has 72 valence electrons. The Labute approximate surface area is 88.1 Å². The Morgan fingerprint density at radius 2 is 0.538 bits per heavy atom. The Bertz CT molecular complexity index is 70.1. The summed E-state index contributed by atoms with van der Waals surface area (Å²) in [4.78, 5) is 32.0. The molecule has 0 aliphatic rings. The third-order valence-electron chi connectivity index (χ3n) is 0. The second-order valence-electron chi connectivity index (χ2n) is 0.298. The van der Waals surface area contributed by atoms with Crippen molar-refractivity contribution in [3.8, 4) is 0 Å². The number of nitrogens with zero attached hydrogens (tertiary/aromatic N) is 4. The minimum absolute atomic E-state index is 0. The first-order valence-corrected chi connectivity index (χ1v) is 1.46. The van der Waals surface area contributed by atoms with Gasteiger partial charge in [-0.15, -0.1) is 21.4 Å². The molecule has 0 heterocycles. The predicted molar refractivity (Wildman–Crippen MR) is 36.6 cm³/mol. The van der Waals surface area contributed by atoms with Crippen molar-refractivity contribution in [3.63, 3.8) is 0 Å². The molecule has 0 aromatic carbocycles. The summed E-state index contributed by atoms with van der Waals surface area (Å²) >= 11 is 0. The summed E-state index contributed by atoms with van der Waals surface area (Å²) < 4.78 is 0. The topological polar surface area (TPSA) is 210 Å². The molecule has 0 N–H and O–H groups in total. The Balaban J connectivity index is -0.0000000213. The van der Waals surface area contributed by atoms with Gasteiger partial charge in [-0.2, -0.15) is 0 Å². The summed E-state index contributed by atoms with van der Waals surface area (Å²) in [5.74, 6) is 0. The standard InChI is InChI=1S/Hf.4HNO2/c;4*2-1-3/h;4*(H,2,3)/q+4;;;;/p-4. The summed E-state index contributed by atoms with van der Waals surface area (Å²) in [6, 6.07) is 0. The van der Waals surface area contributed by atoms with Crippen LogP contribution < -0.4 is 0 Å². The molecule has 0 radical (unpaired) electrons. The van der Waals surface area contributed by atoms with Crippen LogP contribution in [0.25, 0.3) is 0 Å². The fourth-order valence-corrected chi connectivity index (χ4v) is 0. The van der Waals surface area contributed by atoms with Gasteiger partial charge < -0.3 is 40.5 Å². The second-order valence-corrected chi connectivity index (χ2v) is 0.298. The second kappa shape index (κ2) is 154. The van der Waals surface area contributed by atoms with Crippen LogP contribution in [0.1, 0.15) is 0 Å². The summed E-state index contributed by atoms with van der Waals surface area (Å²) in [7, 11) is 0. The fraction of sp³-hybridized carbons (Fsp3) is 0. The molecule has 13 heavy (non-hydrogen) atoms. The molecule has 0 aromatic heterocycles. The zero-order valence-corrected chi connectivity index (χ0v) is 9.15. The van der Waals surface area contributed by atoms with Gasteiger partial charge >= 0.3 is 25.8 Å². The molecule has 12 nitrogen and oxygen atoms in total.